The van der Waals surface area contributed by atoms with Crippen LogP contribution in [0.1, 0.15) is 26.3 Å². The summed E-state index contributed by atoms with van der Waals surface area (Å²) in [5.74, 6) is 0. The summed E-state index contributed by atoms with van der Waals surface area (Å²) in [6.07, 6.45) is 3.59. The van der Waals surface area contributed by atoms with Crippen molar-refractivity contribution in [2.24, 2.45) is 4.99 Å². The van der Waals surface area contributed by atoms with E-state index in [0.29, 0.717) is 0 Å². The first-order valence-electron chi connectivity index (χ1n) is 4.15. The van der Waals surface area contributed by atoms with Gasteiger partial charge in [0.05, 0.1) is 5.54 Å². The molecule has 0 saturated heterocycles. The number of hydrogen-bond acceptors (Lipinski definition) is 2. The van der Waals surface area contributed by atoms with Crippen LogP contribution in [-0.2, 0) is 0 Å². The maximum Gasteiger partial charge on any atom is 0.114 e. The van der Waals surface area contributed by atoms with Gasteiger partial charge in [0.1, 0.15) is 4.60 Å². The minimum atomic E-state index is -0.0325. The SMILES string of the molecule is CC(C)(C)N=Cc1cccnc1Br. The van der Waals surface area contributed by atoms with Crippen LogP contribution in [0.25, 0.3) is 0 Å². The maximum absolute atomic E-state index is 4.39. The minimum Gasteiger partial charge on any atom is -0.287 e. The molecule has 0 aliphatic carbocycles. The third kappa shape index (κ3) is 3.68. The quantitative estimate of drug-likeness (QED) is 0.548. The molecule has 0 aliphatic heterocycles. The van der Waals surface area contributed by atoms with Crippen molar-refractivity contribution in [2.45, 2.75) is 26.3 Å². The molecule has 0 bridgehead atoms. The highest BCUT2D eigenvalue weighted by Gasteiger charge is 2.05. The Kier molecular flexibility index (Phi) is 3.20. The summed E-state index contributed by atoms with van der Waals surface area (Å²) in [6, 6.07) is 3.88. The van der Waals surface area contributed by atoms with Crippen LogP contribution >= 0.6 is 15.9 Å². The molecule has 0 aromatic carbocycles. The minimum absolute atomic E-state index is 0.0325. The van der Waals surface area contributed by atoms with E-state index >= 15 is 0 Å². The number of aliphatic imine (C=N–C) groups is 1. The molecule has 0 spiro atoms. The van der Waals surface area contributed by atoms with Crippen LogP contribution in [0.15, 0.2) is 27.9 Å². The van der Waals surface area contributed by atoms with Gasteiger partial charge in [0.25, 0.3) is 0 Å². The van der Waals surface area contributed by atoms with Crippen LogP contribution in [0.3, 0.4) is 0 Å². The van der Waals surface area contributed by atoms with Crippen molar-refractivity contribution in [1.82, 2.24) is 4.98 Å². The lowest BCUT2D eigenvalue weighted by atomic mass is 10.1. The molecule has 0 aliphatic rings. The van der Waals surface area contributed by atoms with Gasteiger partial charge in [-0.25, -0.2) is 4.98 Å². The van der Waals surface area contributed by atoms with E-state index in [2.05, 4.69) is 46.7 Å². The van der Waals surface area contributed by atoms with Crippen molar-refractivity contribution in [3.05, 3.63) is 28.5 Å². The van der Waals surface area contributed by atoms with E-state index < -0.39 is 0 Å². The van der Waals surface area contributed by atoms with Gasteiger partial charge in [0.2, 0.25) is 0 Å². The molecule has 13 heavy (non-hydrogen) atoms. The summed E-state index contributed by atoms with van der Waals surface area (Å²) in [7, 11) is 0. The Bertz CT molecular complexity index is 313. The molecular formula is C10H13BrN2. The lowest BCUT2D eigenvalue weighted by Gasteiger charge is -2.10. The van der Waals surface area contributed by atoms with E-state index in [1.54, 1.807) is 6.20 Å². The normalized spacial score (nSPS) is 12.3. The summed E-state index contributed by atoms with van der Waals surface area (Å²) in [6.45, 7) is 6.19. The van der Waals surface area contributed by atoms with Gasteiger partial charge < -0.3 is 0 Å². The Morgan fingerprint density at radius 3 is 2.69 bits per heavy atom. The van der Waals surface area contributed by atoms with Crippen LogP contribution < -0.4 is 0 Å². The van der Waals surface area contributed by atoms with Gasteiger partial charge >= 0.3 is 0 Å². The number of pyridine rings is 1. The maximum atomic E-state index is 4.39. The predicted molar refractivity (Wildman–Crippen MR) is 59.3 cm³/mol. The second-order valence-electron chi connectivity index (χ2n) is 3.81. The standard InChI is InChI=1S/C10H13BrN2/c1-10(2,3)13-7-8-5-4-6-12-9(8)11/h4-7H,1-3H3. The molecule has 1 aromatic heterocycles. The summed E-state index contributed by atoms with van der Waals surface area (Å²) in [5.41, 5.74) is 0.979. The fourth-order valence-electron chi connectivity index (χ4n) is 0.758. The summed E-state index contributed by atoms with van der Waals surface area (Å²) < 4.78 is 0.836. The van der Waals surface area contributed by atoms with Crippen molar-refractivity contribution < 1.29 is 0 Å². The van der Waals surface area contributed by atoms with Gasteiger partial charge in [-0.05, 0) is 48.8 Å². The van der Waals surface area contributed by atoms with E-state index in [1.807, 2.05) is 18.3 Å². The molecule has 0 saturated carbocycles. The average Bonchev–Trinajstić information content (AvgIpc) is 2.01. The molecule has 1 aromatic rings. The zero-order valence-electron chi connectivity index (χ0n) is 8.08. The smallest absolute Gasteiger partial charge is 0.114 e. The lowest BCUT2D eigenvalue weighted by molar-refractivity contribution is 0.586. The molecule has 1 heterocycles. The lowest BCUT2D eigenvalue weighted by Crippen LogP contribution is -2.09. The molecule has 70 valence electrons. The number of aromatic nitrogens is 1. The molecular weight excluding hydrogens is 228 g/mol. The third-order valence-electron chi connectivity index (χ3n) is 1.38. The van der Waals surface area contributed by atoms with Crippen LogP contribution in [0.4, 0.5) is 0 Å². The molecule has 0 N–H and O–H groups in total. The van der Waals surface area contributed by atoms with Crippen molar-refractivity contribution in [2.75, 3.05) is 0 Å². The molecule has 0 amide bonds. The second-order valence-corrected chi connectivity index (χ2v) is 4.56. The first-order chi connectivity index (χ1) is 5.99. The van der Waals surface area contributed by atoms with Crippen LogP contribution in [0.5, 0.6) is 0 Å². The monoisotopic (exact) mass is 240 g/mol. The van der Waals surface area contributed by atoms with Crippen LogP contribution in [-0.4, -0.2) is 16.7 Å². The molecule has 2 nitrogen and oxygen atoms in total. The average molecular weight is 241 g/mol. The number of nitrogens with zero attached hydrogens (tertiary/aromatic N) is 2. The molecule has 3 heteroatoms. The Balaban J connectivity index is 2.86. The summed E-state index contributed by atoms with van der Waals surface area (Å²) in [4.78, 5) is 8.50. The van der Waals surface area contributed by atoms with Crippen molar-refractivity contribution >= 4 is 22.1 Å². The topological polar surface area (TPSA) is 25.2 Å². The fourth-order valence-corrected chi connectivity index (χ4v) is 1.11. The van der Waals surface area contributed by atoms with E-state index in [-0.39, 0.29) is 5.54 Å². The molecule has 0 unspecified atom stereocenters. The largest absolute Gasteiger partial charge is 0.287 e. The predicted octanol–water partition coefficient (Wildman–Crippen LogP) is 3.06. The second kappa shape index (κ2) is 4.01. The van der Waals surface area contributed by atoms with Gasteiger partial charge in [0, 0.05) is 18.0 Å². The van der Waals surface area contributed by atoms with E-state index in [9.17, 15) is 0 Å². The zero-order valence-corrected chi connectivity index (χ0v) is 9.67. The Morgan fingerprint density at radius 1 is 1.46 bits per heavy atom. The van der Waals surface area contributed by atoms with Crippen LogP contribution in [0, 0.1) is 0 Å². The molecule has 1 rings (SSSR count). The first-order valence-corrected chi connectivity index (χ1v) is 4.94. The fraction of sp³-hybridized carbons (Fsp3) is 0.400. The van der Waals surface area contributed by atoms with Gasteiger partial charge in [-0.2, -0.15) is 0 Å². The molecule has 0 fully saturated rings. The number of rotatable bonds is 1. The summed E-state index contributed by atoms with van der Waals surface area (Å²) in [5, 5.41) is 0. The zero-order chi connectivity index (χ0) is 9.90. The van der Waals surface area contributed by atoms with E-state index in [0.717, 1.165) is 10.2 Å². The highest BCUT2D eigenvalue weighted by atomic mass is 79.9. The van der Waals surface area contributed by atoms with Crippen molar-refractivity contribution in [1.29, 1.82) is 0 Å². The summed E-state index contributed by atoms with van der Waals surface area (Å²) >= 11 is 3.36. The van der Waals surface area contributed by atoms with E-state index in [1.165, 1.54) is 0 Å². The van der Waals surface area contributed by atoms with Crippen LogP contribution in [0.2, 0.25) is 0 Å². The van der Waals surface area contributed by atoms with Gasteiger partial charge in [-0.1, -0.05) is 0 Å². The number of halogens is 1. The van der Waals surface area contributed by atoms with Crippen molar-refractivity contribution in [3.8, 4) is 0 Å². The van der Waals surface area contributed by atoms with Gasteiger partial charge in [-0.3, -0.25) is 4.99 Å². The molecule has 0 radical (unpaired) electrons. The third-order valence-corrected chi connectivity index (χ3v) is 2.04. The Labute approximate surface area is 87.2 Å². The number of hydrogen-bond donors (Lipinski definition) is 0. The Morgan fingerprint density at radius 2 is 2.15 bits per heavy atom. The van der Waals surface area contributed by atoms with E-state index in [4.69, 9.17) is 0 Å². The Hall–Kier alpha value is -0.700. The first kappa shape index (κ1) is 10.4. The van der Waals surface area contributed by atoms with Gasteiger partial charge in [-0.15, -0.1) is 0 Å². The van der Waals surface area contributed by atoms with Gasteiger partial charge in [0.15, 0.2) is 0 Å². The highest BCUT2D eigenvalue weighted by molar-refractivity contribution is 9.10. The highest BCUT2D eigenvalue weighted by Crippen LogP contribution is 2.12. The van der Waals surface area contributed by atoms with Crippen molar-refractivity contribution in [3.63, 3.8) is 0 Å². The molecule has 0 atom stereocenters.